The highest BCUT2D eigenvalue weighted by Crippen LogP contribution is 2.27. The van der Waals surface area contributed by atoms with Crippen LogP contribution < -0.4 is 10.1 Å². The van der Waals surface area contributed by atoms with Crippen LogP contribution in [0.15, 0.2) is 36.7 Å². The Hall–Kier alpha value is -1.81. The molecule has 2 aromatic rings. The van der Waals surface area contributed by atoms with Crippen molar-refractivity contribution >= 4 is 0 Å². The molecule has 20 heavy (non-hydrogen) atoms. The molecule has 4 nitrogen and oxygen atoms in total. The first-order valence-electron chi connectivity index (χ1n) is 7.29. The minimum atomic E-state index is 0.374. The molecule has 1 unspecified atom stereocenters. The van der Waals surface area contributed by atoms with E-state index in [4.69, 9.17) is 4.74 Å². The van der Waals surface area contributed by atoms with E-state index in [1.165, 1.54) is 11.1 Å². The maximum Gasteiger partial charge on any atom is 0.122 e. The van der Waals surface area contributed by atoms with Gasteiger partial charge in [-0.15, -0.1) is 0 Å². The molecule has 3 rings (SSSR count). The van der Waals surface area contributed by atoms with E-state index in [-0.39, 0.29) is 0 Å². The number of nitrogens with one attached hydrogen (secondary N) is 1. The molecule has 0 amide bonds. The third-order valence-corrected chi connectivity index (χ3v) is 3.79. The fourth-order valence-corrected chi connectivity index (χ4v) is 2.59. The summed E-state index contributed by atoms with van der Waals surface area (Å²) in [7, 11) is 0. The van der Waals surface area contributed by atoms with Crippen LogP contribution in [0.3, 0.4) is 0 Å². The Morgan fingerprint density at radius 2 is 2.40 bits per heavy atom. The summed E-state index contributed by atoms with van der Waals surface area (Å²) in [4.78, 5) is 0. The number of fused-ring (bicyclic) bond motifs is 1. The molecule has 0 spiro atoms. The lowest BCUT2D eigenvalue weighted by Gasteiger charge is -2.15. The van der Waals surface area contributed by atoms with Gasteiger partial charge in [0.05, 0.1) is 6.61 Å². The summed E-state index contributed by atoms with van der Waals surface area (Å²) >= 11 is 0. The highest BCUT2D eigenvalue weighted by Gasteiger charge is 2.14. The third kappa shape index (κ3) is 3.02. The van der Waals surface area contributed by atoms with Crippen molar-refractivity contribution in [3.63, 3.8) is 0 Å². The van der Waals surface area contributed by atoms with Gasteiger partial charge in [0.15, 0.2) is 0 Å². The second-order valence-corrected chi connectivity index (χ2v) is 5.26. The largest absolute Gasteiger partial charge is 0.493 e. The Kier molecular flexibility index (Phi) is 4.02. The van der Waals surface area contributed by atoms with E-state index in [2.05, 4.69) is 35.5 Å². The smallest absolute Gasteiger partial charge is 0.122 e. The summed E-state index contributed by atoms with van der Waals surface area (Å²) in [6, 6.07) is 8.86. The summed E-state index contributed by atoms with van der Waals surface area (Å²) in [6.45, 7) is 5.00. The Bertz CT molecular complexity index is 551. The topological polar surface area (TPSA) is 39.1 Å². The van der Waals surface area contributed by atoms with Crippen LogP contribution in [0.2, 0.25) is 0 Å². The minimum absolute atomic E-state index is 0.374. The van der Waals surface area contributed by atoms with Gasteiger partial charge < -0.3 is 10.1 Å². The van der Waals surface area contributed by atoms with E-state index in [9.17, 15) is 0 Å². The minimum Gasteiger partial charge on any atom is -0.493 e. The van der Waals surface area contributed by atoms with Crippen LogP contribution in [-0.2, 0) is 13.0 Å². The first kappa shape index (κ1) is 13.2. The highest BCUT2D eigenvalue weighted by molar-refractivity contribution is 5.40. The molecular weight excluding hydrogens is 250 g/mol. The van der Waals surface area contributed by atoms with Crippen LogP contribution in [0, 0.1) is 0 Å². The molecule has 0 bridgehead atoms. The van der Waals surface area contributed by atoms with Crippen LogP contribution in [0.4, 0.5) is 0 Å². The standard InChI is InChI=1S/C16H21N3O/c1-13(17-7-2-9-19-10-3-8-18-19)14-4-5-16-15(12-14)6-11-20-16/h3-5,8,10,12-13,17H,2,6-7,9,11H2,1H3. The Morgan fingerprint density at radius 1 is 1.45 bits per heavy atom. The van der Waals surface area contributed by atoms with Crippen molar-refractivity contribution in [1.82, 2.24) is 15.1 Å². The van der Waals surface area contributed by atoms with Gasteiger partial charge in [-0.05, 0) is 43.1 Å². The van der Waals surface area contributed by atoms with Crippen molar-refractivity contribution in [3.8, 4) is 5.75 Å². The van der Waals surface area contributed by atoms with E-state index < -0.39 is 0 Å². The molecule has 0 saturated heterocycles. The molecule has 0 radical (unpaired) electrons. The maximum atomic E-state index is 5.54. The van der Waals surface area contributed by atoms with Crippen LogP contribution in [0.1, 0.15) is 30.5 Å². The van der Waals surface area contributed by atoms with Crippen LogP contribution >= 0.6 is 0 Å². The molecule has 0 saturated carbocycles. The van der Waals surface area contributed by atoms with E-state index in [1.54, 1.807) is 0 Å². The molecule has 1 aliphatic heterocycles. The van der Waals surface area contributed by atoms with Gasteiger partial charge in [-0.25, -0.2) is 0 Å². The van der Waals surface area contributed by atoms with Crippen molar-refractivity contribution in [1.29, 1.82) is 0 Å². The summed E-state index contributed by atoms with van der Waals surface area (Å²) in [6.07, 6.45) is 5.95. The second-order valence-electron chi connectivity index (χ2n) is 5.26. The third-order valence-electron chi connectivity index (χ3n) is 3.79. The number of nitrogens with zero attached hydrogens (tertiary/aromatic N) is 2. The van der Waals surface area contributed by atoms with Crippen molar-refractivity contribution in [2.24, 2.45) is 0 Å². The van der Waals surface area contributed by atoms with E-state index in [0.717, 1.165) is 38.3 Å². The molecule has 4 heteroatoms. The molecule has 1 aromatic carbocycles. The van der Waals surface area contributed by atoms with Crippen molar-refractivity contribution in [2.45, 2.75) is 32.4 Å². The van der Waals surface area contributed by atoms with Crippen LogP contribution in [0.25, 0.3) is 0 Å². The van der Waals surface area contributed by atoms with Crippen molar-refractivity contribution in [3.05, 3.63) is 47.8 Å². The summed E-state index contributed by atoms with van der Waals surface area (Å²) < 4.78 is 7.51. The SMILES string of the molecule is CC(NCCCn1cccn1)c1ccc2c(c1)CCO2. The predicted molar refractivity (Wildman–Crippen MR) is 78.9 cm³/mol. The van der Waals surface area contributed by atoms with E-state index >= 15 is 0 Å². The zero-order chi connectivity index (χ0) is 13.8. The van der Waals surface area contributed by atoms with Gasteiger partial charge in [-0.2, -0.15) is 5.10 Å². The quantitative estimate of drug-likeness (QED) is 0.821. The number of ether oxygens (including phenoxy) is 1. The van der Waals surface area contributed by atoms with Gasteiger partial charge in [0, 0.05) is 31.4 Å². The average molecular weight is 271 g/mol. The maximum absolute atomic E-state index is 5.54. The van der Waals surface area contributed by atoms with Crippen LogP contribution in [-0.4, -0.2) is 22.9 Å². The average Bonchev–Trinajstić information content (AvgIpc) is 3.13. The Labute approximate surface area is 119 Å². The lowest BCUT2D eigenvalue weighted by atomic mass is 10.0. The molecule has 2 heterocycles. The van der Waals surface area contributed by atoms with E-state index in [0.29, 0.717) is 6.04 Å². The monoisotopic (exact) mass is 271 g/mol. The molecule has 1 atom stereocenters. The summed E-state index contributed by atoms with van der Waals surface area (Å²) in [5.74, 6) is 1.06. The van der Waals surface area contributed by atoms with Gasteiger partial charge >= 0.3 is 0 Å². The van der Waals surface area contributed by atoms with E-state index in [1.807, 2.05) is 23.1 Å². The summed E-state index contributed by atoms with van der Waals surface area (Å²) in [5, 5.41) is 7.78. The molecule has 0 fully saturated rings. The Balaban J connectivity index is 1.48. The fraction of sp³-hybridized carbons (Fsp3) is 0.438. The fourth-order valence-electron chi connectivity index (χ4n) is 2.59. The molecule has 1 aromatic heterocycles. The van der Waals surface area contributed by atoms with Gasteiger partial charge in [-0.1, -0.05) is 12.1 Å². The molecular formula is C16H21N3O. The number of benzene rings is 1. The van der Waals surface area contributed by atoms with Gasteiger partial charge in [-0.3, -0.25) is 4.68 Å². The molecule has 0 aliphatic carbocycles. The first-order valence-corrected chi connectivity index (χ1v) is 7.29. The number of aromatic nitrogens is 2. The first-order chi connectivity index (χ1) is 9.83. The van der Waals surface area contributed by atoms with Gasteiger partial charge in [0.25, 0.3) is 0 Å². The number of hydrogen-bond donors (Lipinski definition) is 1. The predicted octanol–water partition coefficient (Wildman–Crippen LogP) is 2.56. The zero-order valence-corrected chi connectivity index (χ0v) is 11.9. The number of rotatable bonds is 6. The van der Waals surface area contributed by atoms with Gasteiger partial charge in [0.1, 0.15) is 5.75 Å². The van der Waals surface area contributed by atoms with Gasteiger partial charge in [0.2, 0.25) is 0 Å². The molecule has 1 aliphatic rings. The van der Waals surface area contributed by atoms with Crippen LogP contribution in [0.5, 0.6) is 5.75 Å². The second kappa shape index (κ2) is 6.09. The number of hydrogen-bond acceptors (Lipinski definition) is 3. The molecule has 1 N–H and O–H groups in total. The summed E-state index contributed by atoms with van der Waals surface area (Å²) in [5.41, 5.74) is 2.68. The van der Waals surface area contributed by atoms with Crippen molar-refractivity contribution < 1.29 is 4.74 Å². The van der Waals surface area contributed by atoms with Crippen molar-refractivity contribution in [2.75, 3.05) is 13.2 Å². The lowest BCUT2D eigenvalue weighted by molar-refractivity contribution is 0.356. The lowest BCUT2D eigenvalue weighted by Crippen LogP contribution is -2.21. The highest BCUT2D eigenvalue weighted by atomic mass is 16.5. The normalized spacial score (nSPS) is 14.8. The number of aryl methyl sites for hydroxylation is 1. The zero-order valence-electron chi connectivity index (χ0n) is 11.9. The Morgan fingerprint density at radius 3 is 3.25 bits per heavy atom. The molecule has 106 valence electrons.